The Morgan fingerprint density at radius 2 is 2.16 bits per heavy atom. The topological polar surface area (TPSA) is 54.5 Å². The SMILES string of the molecule is COc1ccc(NC(=O)C2CN(C3CCc4cc(F)ccc43)C2)cn1. The molecular formula is C19H20FN3O2. The van der Waals surface area contributed by atoms with E-state index >= 15 is 0 Å². The van der Waals surface area contributed by atoms with Crippen LogP contribution in [0.25, 0.3) is 0 Å². The highest BCUT2D eigenvalue weighted by atomic mass is 19.1. The zero-order valence-corrected chi connectivity index (χ0v) is 14.0. The summed E-state index contributed by atoms with van der Waals surface area (Å²) in [6.07, 6.45) is 3.49. The predicted molar refractivity (Wildman–Crippen MR) is 91.9 cm³/mol. The molecule has 0 bridgehead atoms. The number of nitrogens with one attached hydrogen (secondary N) is 1. The van der Waals surface area contributed by atoms with Gasteiger partial charge in [0.15, 0.2) is 0 Å². The second kappa shape index (κ2) is 6.44. The monoisotopic (exact) mass is 341 g/mol. The summed E-state index contributed by atoms with van der Waals surface area (Å²) in [4.78, 5) is 18.7. The maximum Gasteiger partial charge on any atom is 0.230 e. The lowest BCUT2D eigenvalue weighted by atomic mass is 9.94. The van der Waals surface area contributed by atoms with Gasteiger partial charge in [-0.05, 0) is 42.2 Å². The van der Waals surface area contributed by atoms with E-state index < -0.39 is 0 Å². The molecular weight excluding hydrogens is 321 g/mol. The second-order valence-electron chi connectivity index (χ2n) is 6.63. The van der Waals surface area contributed by atoms with Crippen molar-refractivity contribution in [3.63, 3.8) is 0 Å². The molecule has 1 atom stereocenters. The molecule has 0 spiro atoms. The second-order valence-corrected chi connectivity index (χ2v) is 6.63. The number of hydrogen-bond donors (Lipinski definition) is 1. The molecule has 2 heterocycles. The Bertz CT molecular complexity index is 788. The van der Waals surface area contributed by atoms with Gasteiger partial charge < -0.3 is 10.1 Å². The first-order valence-electron chi connectivity index (χ1n) is 8.47. The summed E-state index contributed by atoms with van der Waals surface area (Å²) in [6, 6.07) is 8.86. The third-order valence-corrected chi connectivity index (χ3v) is 5.09. The minimum atomic E-state index is -0.173. The number of aryl methyl sites for hydroxylation is 1. The summed E-state index contributed by atoms with van der Waals surface area (Å²) in [5, 5.41) is 2.90. The summed E-state index contributed by atoms with van der Waals surface area (Å²) in [7, 11) is 1.55. The molecule has 1 amide bonds. The smallest absolute Gasteiger partial charge is 0.230 e. The predicted octanol–water partition coefficient (Wildman–Crippen LogP) is 2.79. The van der Waals surface area contributed by atoms with Crippen LogP contribution in [0.15, 0.2) is 36.5 Å². The number of nitrogens with zero attached hydrogens (tertiary/aromatic N) is 2. The van der Waals surface area contributed by atoms with E-state index in [2.05, 4.69) is 15.2 Å². The van der Waals surface area contributed by atoms with Gasteiger partial charge in [-0.1, -0.05) is 6.07 Å². The third kappa shape index (κ3) is 3.09. The summed E-state index contributed by atoms with van der Waals surface area (Å²) in [5.41, 5.74) is 2.98. The minimum absolute atomic E-state index is 0.0144. The fourth-order valence-electron chi connectivity index (χ4n) is 3.70. The van der Waals surface area contributed by atoms with Gasteiger partial charge >= 0.3 is 0 Å². The Hall–Kier alpha value is -2.47. The lowest BCUT2D eigenvalue weighted by Gasteiger charge is -2.42. The molecule has 5 nitrogen and oxygen atoms in total. The molecule has 1 fully saturated rings. The van der Waals surface area contributed by atoms with Crippen molar-refractivity contribution in [2.45, 2.75) is 18.9 Å². The number of ether oxygens (including phenoxy) is 1. The summed E-state index contributed by atoms with van der Waals surface area (Å²) in [5.74, 6) is 0.338. The average molecular weight is 341 g/mol. The van der Waals surface area contributed by atoms with E-state index in [4.69, 9.17) is 4.74 Å². The molecule has 1 aromatic carbocycles. The van der Waals surface area contributed by atoms with E-state index in [1.54, 1.807) is 31.5 Å². The number of carbonyl (C=O) groups excluding carboxylic acids is 1. The van der Waals surface area contributed by atoms with E-state index in [-0.39, 0.29) is 17.6 Å². The standard InChI is InChI=1S/C19H20FN3O2/c1-25-18-7-4-15(9-21-18)22-19(24)13-10-23(11-13)17-6-2-12-8-14(20)3-5-16(12)17/h3-5,7-9,13,17H,2,6,10-11H2,1H3,(H,22,24). The number of rotatable bonds is 4. The van der Waals surface area contributed by atoms with Crippen LogP contribution in [-0.2, 0) is 11.2 Å². The zero-order valence-electron chi connectivity index (χ0n) is 14.0. The molecule has 6 heteroatoms. The number of anilines is 1. The number of likely N-dealkylation sites (tertiary alicyclic amines) is 1. The van der Waals surface area contributed by atoms with Gasteiger partial charge in [-0.3, -0.25) is 9.69 Å². The lowest BCUT2D eigenvalue weighted by molar-refractivity contribution is -0.126. The molecule has 2 aliphatic rings. The van der Waals surface area contributed by atoms with E-state index in [0.29, 0.717) is 17.6 Å². The fraction of sp³-hybridized carbons (Fsp3) is 0.368. The number of halogens is 1. The minimum Gasteiger partial charge on any atom is -0.481 e. The highest BCUT2D eigenvalue weighted by Crippen LogP contribution is 2.39. The van der Waals surface area contributed by atoms with Crippen LogP contribution in [0.2, 0.25) is 0 Å². The Labute approximate surface area is 145 Å². The van der Waals surface area contributed by atoms with E-state index in [0.717, 1.165) is 31.5 Å². The lowest BCUT2D eigenvalue weighted by Crippen LogP contribution is -2.52. The number of amides is 1. The Morgan fingerprint density at radius 3 is 2.88 bits per heavy atom. The maximum atomic E-state index is 13.3. The Morgan fingerprint density at radius 1 is 1.32 bits per heavy atom. The van der Waals surface area contributed by atoms with Crippen LogP contribution in [-0.4, -0.2) is 36.0 Å². The summed E-state index contributed by atoms with van der Waals surface area (Å²) < 4.78 is 18.3. The molecule has 25 heavy (non-hydrogen) atoms. The number of benzene rings is 1. The highest BCUT2D eigenvalue weighted by molar-refractivity contribution is 5.93. The van der Waals surface area contributed by atoms with E-state index in [9.17, 15) is 9.18 Å². The number of aromatic nitrogens is 1. The molecule has 4 rings (SSSR count). The van der Waals surface area contributed by atoms with Crippen molar-refractivity contribution in [2.75, 3.05) is 25.5 Å². The van der Waals surface area contributed by atoms with Crippen LogP contribution in [0.3, 0.4) is 0 Å². The van der Waals surface area contributed by atoms with Crippen molar-refractivity contribution >= 4 is 11.6 Å². The van der Waals surface area contributed by atoms with Gasteiger partial charge in [-0.2, -0.15) is 0 Å². The first-order chi connectivity index (χ1) is 12.1. The molecule has 1 unspecified atom stereocenters. The quantitative estimate of drug-likeness (QED) is 0.929. The normalized spacial score (nSPS) is 20.0. The molecule has 1 aliphatic heterocycles. The summed E-state index contributed by atoms with van der Waals surface area (Å²) >= 11 is 0. The number of carbonyl (C=O) groups is 1. The largest absolute Gasteiger partial charge is 0.481 e. The van der Waals surface area contributed by atoms with Crippen LogP contribution in [0.1, 0.15) is 23.6 Å². The van der Waals surface area contributed by atoms with Crippen molar-refractivity contribution in [3.8, 4) is 5.88 Å². The Balaban J connectivity index is 1.34. The van der Waals surface area contributed by atoms with Crippen LogP contribution < -0.4 is 10.1 Å². The van der Waals surface area contributed by atoms with Crippen molar-refractivity contribution in [3.05, 3.63) is 53.5 Å². The number of fused-ring (bicyclic) bond motifs is 1. The van der Waals surface area contributed by atoms with Gasteiger partial charge in [-0.15, -0.1) is 0 Å². The molecule has 1 saturated heterocycles. The first kappa shape index (κ1) is 16.0. The van der Waals surface area contributed by atoms with Crippen molar-refractivity contribution in [1.82, 2.24) is 9.88 Å². The average Bonchev–Trinajstić information content (AvgIpc) is 2.97. The molecule has 1 aliphatic carbocycles. The van der Waals surface area contributed by atoms with Crippen molar-refractivity contribution in [2.24, 2.45) is 5.92 Å². The molecule has 1 aromatic heterocycles. The van der Waals surface area contributed by atoms with Crippen molar-refractivity contribution < 1.29 is 13.9 Å². The third-order valence-electron chi connectivity index (χ3n) is 5.09. The highest BCUT2D eigenvalue weighted by Gasteiger charge is 2.39. The van der Waals surface area contributed by atoms with Gasteiger partial charge in [0, 0.05) is 25.2 Å². The maximum absolute atomic E-state index is 13.3. The van der Waals surface area contributed by atoms with Crippen LogP contribution in [0.5, 0.6) is 5.88 Å². The summed E-state index contributed by atoms with van der Waals surface area (Å²) in [6.45, 7) is 1.47. The van der Waals surface area contributed by atoms with E-state index in [1.165, 1.54) is 11.6 Å². The fourth-order valence-corrected chi connectivity index (χ4v) is 3.70. The van der Waals surface area contributed by atoms with Crippen LogP contribution in [0, 0.1) is 11.7 Å². The van der Waals surface area contributed by atoms with Gasteiger partial charge in [0.25, 0.3) is 0 Å². The number of hydrogen-bond acceptors (Lipinski definition) is 4. The molecule has 0 radical (unpaired) electrons. The zero-order chi connectivity index (χ0) is 17.4. The first-order valence-corrected chi connectivity index (χ1v) is 8.47. The molecule has 130 valence electrons. The molecule has 1 N–H and O–H groups in total. The van der Waals surface area contributed by atoms with Gasteiger partial charge in [0.05, 0.1) is 24.9 Å². The molecule has 2 aromatic rings. The van der Waals surface area contributed by atoms with Crippen molar-refractivity contribution in [1.29, 1.82) is 0 Å². The van der Waals surface area contributed by atoms with Gasteiger partial charge in [0.2, 0.25) is 11.8 Å². The number of methoxy groups -OCH3 is 1. The van der Waals surface area contributed by atoms with E-state index in [1.807, 2.05) is 6.07 Å². The van der Waals surface area contributed by atoms with Crippen LogP contribution >= 0.6 is 0 Å². The molecule has 0 saturated carbocycles. The van der Waals surface area contributed by atoms with Gasteiger partial charge in [0.1, 0.15) is 5.82 Å². The number of pyridine rings is 1. The Kier molecular flexibility index (Phi) is 4.13. The van der Waals surface area contributed by atoms with Crippen LogP contribution in [0.4, 0.5) is 10.1 Å². The van der Waals surface area contributed by atoms with Gasteiger partial charge in [-0.25, -0.2) is 9.37 Å².